The number of hydrogen-bond acceptors (Lipinski definition) is 7. The largest absolute Gasteiger partial charge is 0.462 e. The summed E-state index contributed by atoms with van der Waals surface area (Å²) < 4.78 is 17.3. The van der Waals surface area contributed by atoms with Crippen LogP contribution < -0.4 is 10.1 Å². The van der Waals surface area contributed by atoms with Crippen LogP contribution in [0.1, 0.15) is 26.3 Å². The highest BCUT2D eigenvalue weighted by Crippen LogP contribution is 2.37. The Morgan fingerprint density at radius 3 is 2.55 bits per heavy atom. The summed E-state index contributed by atoms with van der Waals surface area (Å²) >= 11 is 1.65. The fourth-order valence-corrected chi connectivity index (χ4v) is 4.79. The van der Waals surface area contributed by atoms with Gasteiger partial charge in [0, 0.05) is 25.5 Å². The molecule has 0 spiro atoms. The topological polar surface area (TPSA) is 97.3 Å². The van der Waals surface area contributed by atoms with E-state index in [9.17, 15) is 15.0 Å². The van der Waals surface area contributed by atoms with E-state index in [1.54, 1.807) is 25.6 Å². The van der Waals surface area contributed by atoms with Gasteiger partial charge < -0.3 is 29.7 Å². The molecule has 1 fully saturated rings. The molecule has 0 saturated carbocycles. The third kappa shape index (κ3) is 5.88. The second-order valence-corrected chi connectivity index (χ2v) is 9.45. The Labute approximate surface area is 199 Å². The Balaban J connectivity index is 1.93. The number of aliphatic hydroxyl groups is 2. The molecule has 1 aliphatic rings. The molecule has 2 aromatic carbocycles. The first-order valence-corrected chi connectivity index (χ1v) is 12.1. The molecule has 0 aromatic heterocycles. The van der Waals surface area contributed by atoms with Crippen molar-refractivity contribution >= 4 is 17.7 Å². The average Bonchev–Trinajstić information content (AvgIpc) is 2.78. The summed E-state index contributed by atoms with van der Waals surface area (Å²) in [6, 6.07) is 13.8. The SMILES string of the molecule is CO[C@@H]1[C@@H](O)[C@@H](O)C(Oc2ccc(CCNC(C)=O)c(-c3ccccc3SC)c2)OC1(C)C. The quantitative estimate of drug-likeness (QED) is 0.505. The van der Waals surface area contributed by atoms with Gasteiger partial charge in [-0.1, -0.05) is 24.3 Å². The summed E-state index contributed by atoms with van der Waals surface area (Å²) in [7, 11) is 1.47. The van der Waals surface area contributed by atoms with Crippen LogP contribution >= 0.6 is 11.8 Å². The van der Waals surface area contributed by atoms with Crippen LogP contribution in [0.15, 0.2) is 47.4 Å². The zero-order valence-electron chi connectivity index (χ0n) is 19.7. The molecule has 1 amide bonds. The molecule has 1 unspecified atom stereocenters. The first kappa shape index (κ1) is 25.5. The second kappa shape index (κ2) is 10.9. The molecular formula is C25H33NO6S. The van der Waals surface area contributed by atoms with E-state index in [4.69, 9.17) is 14.2 Å². The van der Waals surface area contributed by atoms with Crippen LogP contribution in [0.25, 0.3) is 11.1 Å². The molecule has 7 nitrogen and oxygen atoms in total. The fourth-order valence-electron chi connectivity index (χ4n) is 4.18. The lowest BCUT2D eigenvalue weighted by Gasteiger charge is -2.46. The molecule has 8 heteroatoms. The molecule has 180 valence electrons. The number of thioether (sulfide) groups is 1. The normalized spacial score (nSPS) is 24.3. The van der Waals surface area contributed by atoms with Crippen molar-refractivity contribution in [3.05, 3.63) is 48.0 Å². The molecular weight excluding hydrogens is 442 g/mol. The van der Waals surface area contributed by atoms with E-state index in [-0.39, 0.29) is 5.91 Å². The Morgan fingerprint density at radius 1 is 1.15 bits per heavy atom. The van der Waals surface area contributed by atoms with Crippen molar-refractivity contribution in [2.24, 2.45) is 0 Å². The van der Waals surface area contributed by atoms with Crippen molar-refractivity contribution in [1.29, 1.82) is 0 Å². The summed E-state index contributed by atoms with van der Waals surface area (Å²) in [6.07, 6.45) is -1.50. The molecule has 33 heavy (non-hydrogen) atoms. The maximum Gasteiger partial charge on any atom is 0.229 e. The second-order valence-electron chi connectivity index (χ2n) is 8.60. The standard InChI is InChI=1S/C25H33NO6S/c1-15(27)26-13-12-16-10-11-17(14-19(16)18-8-6-7-9-20(18)33-5)31-24-22(29)21(28)23(30-4)25(2,3)32-24/h6-11,14,21-24,28-29H,12-13H2,1-5H3,(H,26,27)/t21-,22+,23+,24?/m0/s1. The summed E-state index contributed by atoms with van der Waals surface area (Å²) in [5.74, 6) is 0.437. The highest BCUT2D eigenvalue weighted by Gasteiger charge is 2.50. The number of carbonyl (C=O) groups excluding carboxylic acids is 1. The van der Waals surface area contributed by atoms with Crippen LogP contribution in [0.4, 0.5) is 0 Å². The molecule has 2 aromatic rings. The molecule has 1 heterocycles. The van der Waals surface area contributed by atoms with Gasteiger partial charge in [-0.25, -0.2) is 0 Å². The lowest BCUT2D eigenvalue weighted by atomic mass is 9.89. The number of ether oxygens (including phenoxy) is 3. The minimum atomic E-state index is -1.27. The van der Waals surface area contributed by atoms with Crippen molar-refractivity contribution in [3.8, 4) is 16.9 Å². The molecule has 0 radical (unpaired) electrons. The van der Waals surface area contributed by atoms with Gasteiger partial charge in [0.05, 0.1) is 5.60 Å². The third-order valence-electron chi connectivity index (χ3n) is 5.80. The van der Waals surface area contributed by atoms with Crippen molar-refractivity contribution in [1.82, 2.24) is 5.32 Å². The number of nitrogens with one attached hydrogen (secondary N) is 1. The Bertz CT molecular complexity index is 966. The lowest BCUT2D eigenvalue weighted by Crippen LogP contribution is -2.63. The summed E-state index contributed by atoms with van der Waals surface area (Å²) in [5, 5.41) is 24.0. The van der Waals surface area contributed by atoms with Gasteiger partial charge in [-0.3, -0.25) is 4.79 Å². The molecule has 4 atom stereocenters. The Kier molecular flexibility index (Phi) is 8.42. The maximum absolute atomic E-state index is 11.3. The van der Waals surface area contributed by atoms with E-state index in [2.05, 4.69) is 17.4 Å². The molecule has 0 aliphatic carbocycles. The van der Waals surface area contributed by atoms with E-state index in [1.165, 1.54) is 14.0 Å². The molecule has 1 aliphatic heterocycles. The summed E-state index contributed by atoms with van der Waals surface area (Å²) in [4.78, 5) is 12.4. The number of amides is 1. The Morgan fingerprint density at radius 2 is 1.88 bits per heavy atom. The number of aliphatic hydroxyl groups excluding tert-OH is 2. The first-order valence-electron chi connectivity index (χ1n) is 10.9. The van der Waals surface area contributed by atoms with Crippen LogP contribution in [0, 0.1) is 0 Å². The van der Waals surface area contributed by atoms with Gasteiger partial charge in [0.25, 0.3) is 0 Å². The lowest BCUT2D eigenvalue weighted by molar-refractivity contribution is -0.305. The van der Waals surface area contributed by atoms with Crippen LogP contribution in [-0.2, 0) is 20.7 Å². The molecule has 1 saturated heterocycles. The predicted molar refractivity (Wildman–Crippen MR) is 128 cm³/mol. The van der Waals surface area contributed by atoms with Crippen LogP contribution in [0.5, 0.6) is 5.75 Å². The van der Waals surface area contributed by atoms with Gasteiger partial charge in [-0.05, 0) is 61.4 Å². The molecule has 3 N–H and O–H groups in total. The minimum Gasteiger partial charge on any atom is -0.462 e. The van der Waals surface area contributed by atoms with Gasteiger partial charge in [0.1, 0.15) is 24.1 Å². The van der Waals surface area contributed by atoms with Gasteiger partial charge >= 0.3 is 0 Å². The van der Waals surface area contributed by atoms with E-state index in [0.29, 0.717) is 18.7 Å². The zero-order valence-corrected chi connectivity index (χ0v) is 20.5. The van der Waals surface area contributed by atoms with E-state index >= 15 is 0 Å². The first-order chi connectivity index (χ1) is 15.7. The minimum absolute atomic E-state index is 0.0695. The van der Waals surface area contributed by atoms with Crippen LogP contribution in [0.2, 0.25) is 0 Å². The van der Waals surface area contributed by atoms with Crippen molar-refractivity contribution in [3.63, 3.8) is 0 Å². The summed E-state index contributed by atoms with van der Waals surface area (Å²) in [6.45, 7) is 5.60. The fraction of sp³-hybridized carbons (Fsp3) is 0.480. The monoisotopic (exact) mass is 475 g/mol. The average molecular weight is 476 g/mol. The van der Waals surface area contributed by atoms with Crippen LogP contribution in [0.3, 0.4) is 0 Å². The van der Waals surface area contributed by atoms with Gasteiger partial charge in [0.15, 0.2) is 0 Å². The third-order valence-corrected chi connectivity index (χ3v) is 6.59. The number of benzene rings is 2. The number of rotatable bonds is 8. The summed E-state index contributed by atoms with van der Waals surface area (Å²) in [5.41, 5.74) is 2.23. The molecule has 0 bridgehead atoms. The predicted octanol–water partition coefficient (Wildman–Crippen LogP) is 3.00. The number of carbonyl (C=O) groups is 1. The molecule has 3 rings (SSSR count). The highest BCUT2D eigenvalue weighted by molar-refractivity contribution is 7.98. The van der Waals surface area contributed by atoms with E-state index in [1.807, 2.05) is 36.6 Å². The maximum atomic E-state index is 11.3. The van der Waals surface area contributed by atoms with Crippen molar-refractivity contribution in [2.45, 2.75) is 62.3 Å². The van der Waals surface area contributed by atoms with Gasteiger partial charge in [-0.2, -0.15) is 0 Å². The Hall–Kier alpha value is -2.10. The smallest absolute Gasteiger partial charge is 0.229 e. The van der Waals surface area contributed by atoms with Crippen molar-refractivity contribution < 1.29 is 29.2 Å². The number of hydrogen-bond donors (Lipinski definition) is 3. The number of methoxy groups -OCH3 is 1. The highest BCUT2D eigenvalue weighted by atomic mass is 32.2. The van der Waals surface area contributed by atoms with E-state index in [0.717, 1.165) is 21.6 Å². The van der Waals surface area contributed by atoms with Crippen molar-refractivity contribution in [2.75, 3.05) is 19.9 Å². The van der Waals surface area contributed by atoms with Crippen LogP contribution in [-0.4, -0.2) is 66.2 Å². The zero-order chi connectivity index (χ0) is 24.2. The van der Waals surface area contributed by atoms with E-state index < -0.39 is 30.2 Å². The van der Waals surface area contributed by atoms with Gasteiger partial charge in [-0.15, -0.1) is 11.8 Å². The van der Waals surface area contributed by atoms with Gasteiger partial charge in [0.2, 0.25) is 12.2 Å².